The summed E-state index contributed by atoms with van der Waals surface area (Å²) in [6.45, 7) is 8.07. The molecule has 4 aromatic carbocycles. The van der Waals surface area contributed by atoms with Gasteiger partial charge in [0.1, 0.15) is 24.7 Å². The van der Waals surface area contributed by atoms with Crippen LogP contribution in [0.25, 0.3) is 0 Å². The Labute approximate surface area is 324 Å². The summed E-state index contributed by atoms with van der Waals surface area (Å²) in [4.78, 5) is 54.7. The van der Waals surface area contributed by atoms with Crippen LogP contribution in [0.2, 0.25) is 0 Å². The third-order valence-electron chi connectivity index (χ3n) is 9.12. The lowest BCUT2D eigenvalue weighted by Gasteiger charge is -2.33. The summed E-state index contributed by atoms with van der Waals surface area (Å²) >= 11 is 0. The molecular formula is C44H55N5O6. The van der Waals surface area contributed by atoms with Crippen LogP contribution in [-0.4, -0.2) is 59.2 Å². The number of hydrogen-bond acceptors (Lipinski definition) is 7. The van der Waals surface area contributed by atoms with Gasteiger partial charge in [-0.1, -0.05) is 149 Å². The second-order valence-corrected chi connectivity index (χ2v) is 14.5. The predicted molar refractivity (Wildman–Crippen MR) is 213 cm³/mol. The Bertz CT molecular complexity index is 1760. The summed E-state index contributed by atoms with van der Waals surface area (Å²) in [5, 5.41) is 26.9. The molecule has 0 saturated carbocycles. The first-order chi connectivity index (χ1) is 26.5. The summed E-state index contributed by atoms with van der Waals surface area (Å²) in [7, 11) is 0. The summed E-state index contributed by atoms with van der Waals surface area (Å²) in [6.07, 6.45) is -1.76. The summed E-state index contributed by atoms with van der Waals surface area (Å²) in [6, 6.07) is 33.3. The summed E-state index contributed by atoms with van der Waals surface area (Å²) < 4.78 is 5.42. The van der Waals surface area contributed by atoms with Crippen molar-refractivity contribution in [1.29, 1.82) is 0 Å². The van der Waals surface area contributed by atoms with Crippen LogP contribution in [-0.2, 0) is 45.2 Å². The van der Waals surface area contributed by atoms with Gasteiger partial charge in [0.2, 0.25) is 17.7 Å². The van der Waals surface area contributed by atoms with Crippen molar-refractivity contribution in [2.75, 3.05) is 0 Å². The van der Waals surface area contributed by atoms with Crippen molar-refractivity contribution in [3.8, 4) is 0 Å². The molecule has 0 saturated heterocycles. The van der Waals surface area contributed by atoms with E-state index in [1.165, 1.54) is 0 Å². The molecule has 5 atom stereocenters. The highest BCUT2D eigenvalue weighted by Gasteiger charge is 2.37. The molecule has 0 fully saturated rings. The monoisotopic (exact) mass is 749 g/mol. The third-order valence-corrected chi connectivity index (χ3v) is 9.12. The molecule has 4 aromatic rings. The summed E-state index contributed by atoms with van der Waals surface area (Å²) in [5.74, 6) is -1.76. The van der Waals surface area contributed by atoms with Gasteiger partial charge >= 0.3 is 6.09 Å². The number of alkyl carbamates (subject to hydrolysis) is 1. The van der Waals surface area contributed by atoms with Crippen LogP contribution in [0.5, 0.6) is 0 Å². The second-order valence-electron chi connectivity index (χ2n) is 14.5. The van der Waals surface area contributed by atoms with Crippen molar-refractivity contribution in [3.63, 3.8) is 0 Å². The van der Waals surface area contributed by atoms with E-state index in [2.05, 4.69) is 26.6 Å². The highest BCUT2D eigenvalue weighted by atomic mass is 16.5. The van der Waals surface area contributed by atoms with Crippen LogP contribution < -0.4 is 26.6 Å². The molecular weight excluding hydrogens is 695 g/mol. The number of aliphatic hydroxyl groups excluding tert-OH is 1. The van der Waals surface area contributed by atoms with E-state index in [0.717, 1.165) is 22.3 Å². The number of aliphatic hydroxyl groups is 1. The fourth-order valence-electron chi connectivity index (χ4n) is 6.12. The van der Waals surface area contributed by atoms with Gasteiger partial charge in [-0.2, -0.15) is 0 Å². The van der Waals surface area contributed by atoms with Gasteiger partial charge in [-0.15, -0.1) is 0 Å². The molecule has 0 aliphatic carbocycles. The topological polar surface area (TPSA) is 158 Å². The average Bonchev–Trinajstić information content (AvgIpc) is 3.19. The molecule has 0 aliphatic rings. The van der Waals surface area contributed by atoms with E-state index in [1.54, 1.807) is 0 Å². The Hall–Kier alpha value is -5.52. The van der Waals surface area contributed by atoms with Gasteiger partial charge in [0.15, 0.2) is 0 Å². The lowest BCUT2D eigenvalue weighted by molar-refractivity contribution is -0.133. The number of carbonyl (C=O) groups is 4. The van der Waals surface area contributed by atoms with E-state index in [1.807, 2.05) is 149 Å². The standard InChI is InChI=1S/C44H55N5O6/c1-30(2)25-37(48-44(54)55-29-35-23-15-8-16-24-35)41(51)47-36(26-32-17-9-5-10-18-32)40(50)39(45-27-33-19-11-6-12-20-33)43(53)49-38(31(3)4)42(52)46-28-34-21-13-7-14-22-34/h5-24,30-31,36-40,45,50H,25-29H2,1-4H3,(H,46,52)(H,47,51)(H,48,54)(H,49,53)/t36-,37-,38-,39+,40+/m0/s1. The molecule has 292 valence electrons. The maximum absolute atomic E-state index is 14.3. The minimum Gasteiger partial charge on any atom is -0.445 e. The number of benzene rings is 4. The third kappa shape index (κ3) is 14.3. The zero-order chi connectivity index (χ0) is 39.6. The molecule has 0 aliphatic heterocycles. The van der Waals surface area contributed by atoms with Gasteiger partial charge < -0.3 is 31.1 Å². The van der Waals surface area contributed by atoms with Crippen LogP contribution in [0.3, 0.4) is 0 Å². The number of carbonyl (C=O) groups excluding carboxylic acids is 4. The first kappa shape index (κ1) is 42.2. The van der Waals surface area contributed by atoms with E-state index >= 15 is 0 Å². The number of hydrogen-bond donors (Lipinski definition) is 6. The first-order valence-electron chi connectivity index (χ1n) is 18.9. The Morgan fingerprint density at radius 3 is 1.62 bits per heavy atom. The lowest BCUT2D eigenvalue weighted by Crippen LogP contribution is -2.63. The molecule has 55 heavy (non-hydrogen) atoms. The van der Waals surface area contributed by atoms with Crippen LogP contribution in [0.4, 0.5) is 4.79 Å². The number of rotatable bonds is 20. The molecule has 0 aromatic heterocycles. The lowest BCUT2D eigenvalue weighted by atomic mass is 9.93. The molecule has 11 nitrogen and oxygen atoms in total. The largest absolute Gasteiger partial charge is 0.445 e. The van der Waals surface area contributed by atoms with E-state index in [9.17, 15) is 24.3 Å². The van der Waals surface area contributed by atoms with Gasteiger partial charge in [0.05, 0.1) is 12.1 Å². The second kappa shape index (κ2) is 22.0. The molecule has 0 bridgehead atoms. The zero-order valence-electron chi connectivity index (χ0n) is 32.1. The average molecular weight is 750 g/mol. The first-order valence-corrected chi connectivity index (χ1v) is 18.9. The zero-order valence-corrected chi connectivity index (χ0v) is 32.1. The van der Waals surface area contributed by atoms with Gasteiger partial charge in [-0.25, -0.2) is 4.79 Å². The SMILES string of the molecule is CC(C)C[C@H](NC(=O)OCc1ccccc1)C(=O)N[C@@H](Cc1ccccc1)[C@@H](O)[C@@H](NCc1ccccc1)C(=O)N[C@H](C(=O)NCc1ccccc1)C(C)C. The van der Waals surface area contributed by atoms with E-state index in [4.69, 9.17) is 4.74 Å². The summed E-state index contributed by atoms with van der Waals surface area (Å²) in [5.41, 5.74) is 3.39. The molecule has 0 unspecified atom stereocenters. The predicted octanol–water partition coefficient (Wildman–Crippen LogP) is 5.03. The van der Waals surface area contributed by atoms with Gasteiger partial charge in [-0.05, 0) is 46.9 Å². The van der Waals surface area contributed by atoms with Crippen molar-refractivity contribution >= 4 is 23.8 Å². The Morgan fingerprint density at radius 2 is 1.09 bits per heavy atom. The van der Waals surface area contributed by atoms with Gasteiger partial charge in [0, 0.05) is 13.1 Å². The molecule has 0 spiro atoms. The molecule has 11 heteroatoms. The van der Waals surface area contributed by atoms with Crippen molar-refractivity contribution in [1.82, 2.24) is 26.6 Å². The van der Waals surface area contributed by atoms with Crippen LogP contribution in [0, 0.1) is 11.8 Å². The molecule has 0 radical (unpaired) electrons. The molecule has 0 heterocycles. The highest BCUT2D eigenvalue weighted by Crippen LogP contribution is 2.15. The highest BCUT2D eigenvalue weighted by molar-refractivity contribution is 5.90. The van der Waals surface area contributed by atoms with Gasteiger partial charge in [-0.3, -0.25) is 19.7 Å². The maximum Gasteiger partial charge on any atom is 0.408 e. The minimum atomic E-state index is -1.47. The van der Waals surface area contributed by atoms with Crippen LogP contribution >= 0.6 is 0 Å². The normalized spacial score (nSPS) is 13.9. The quantitative estimate of drug-likeness (QED) is 0.0740. The number of ether oxygens (including phenoxy) is 1. The molecule has 4 rings (SSSR count). The fraction of sp³-hybridized carbons (Fsp3) is 0.364. The molecule has 4 amide bonds. The van der Waals surface area contributed by atoms with E-state index < -0.39 is 48.2 Å². The Balaban J connectivity index is 1.57. The molecule has 6 N–H and O–H groups in total. The smallest absolute Gasteiger partial charge is 0.408 e. The van der Waals surface area contributed by atoms with Crippen LogP contribution in [0.1, 0.15) is 56.4 Å². The van der Waals surface area contributed by atoms with Crippen LogP contribution in [0.15, 0.2) is 121 Å². The van der Waals surface area contributed by atoms with Crippen molar-refractivity contribution < 1.29 is 29.0 Å². The van der Waals surface area contributed by atoms with Gasteiger partial charge in [0.25, 0.3) is 0 Å². The van der Waals surface area contributed by atoms with Crippen molar-refractivity contribution in [2.24, 2.45) is 11.8 Å². The fourth-order valence-corrected chi connectivity index (χ4v) is 6.12. The van der Waals surface area contributed by atoms with Crippen molar-refractivity contribution in [2.45, 2.75) is 90.5 Å². The van der Waals surface area contributed by atoms with Crippen molar-refractivity contribution in [3.05, 3.63) is 144 Å². The Morgan fingerprint density at radius 1 is 0.582 bits per heavy atom. The van der Waals surface area contributed by atoms with E-state index in [0.29, 0.717) is 6.42 Å². The maximum atomic E-state index is 14.3. The number of nitrogens with one attached hydrogen (secondary N) is 5. The number of amides is 4. The minimum absolute atomic E-state index is 0.0229. The van der Waals surface area contributed by atoms with E-state index in [-0.39, 0.29) is 43.9 Å². The Kier molecular flexibility index (Phi) is 16.9.